The predicted octanol–water partition coefficient (Wildman–Crippen LogP) is 3.44. The first kappa shape index (κ1) is 11.7. The maximum Gasteiger partial charge on any atom is 0.416 e. The number of hydrogen-bond acceptors (Lipinski definition) is 2. The lowest BCUT2D eigenvalue weighted by Crippen LogP contribution is -2.07. The Morgan fingerprint density at radius 2 is 1.84 bits per heavy atom. The van der Waals surface area contributed by atoms with Crippen LogP contribution in [0.4, 0.5) is 13.2 Å². The number of fused-ring (bicyclic) bond motifs is 1. The minimum Gasteiger partial charge on any atom is -0.285 e. The molecule has 0 N–H and O–H groups in total. The van der Waals surface area contributed by atoms with Crippen LogP contribution in [0, 0.1) is 0 Å². The Labute approximate surface area is 106 Å². The number of nitrogens with zero attached hydrogens (tertiary/aromatic N) is 3. The standard InChI is InChI=1S/C13H8F3N3/c14-13(15,16)10-3-6-17-11(8-10)19-7-4-9-2-1-5-18-12(9)19/h1-8H. The van der Waals surface area contributed by atoms with Crippen molar-refractivity contribution in [2.45, 2.75) is 6.18 Å². The van der Waals surface area contributed by atoms with Crippen LogP contribution in [0.2, 0.25) is 0 Å². The van der Waals surface area contributed by atoms with E-state index >= 15 is 0 Å². The summed E-state index contributed by atoms with van der Waals surface area (Å²) in [6, 6.07) is 7.35. The summed E-state index contributed by atoms with van der Waals surface area (Å²) in [4.78, 5) is 8.12. The van der Waals surface area contributed by atoms with Crippen molar-refractivity contribution < 1.29 is 13.2 Å². The molecule has 96 valence electrons. The third kappa shape index (κ3) is 2.05. The minimum absolute atomic E-state index is 0.198. The van der Waals surface area contributed by atoms with Crippen LogP contribution < -0.4 is 0 Å². The van der Waals surface area contributed by atoms with Gasteiger partial charge >= 0.3 is 6.18 Å². The molecule has 0 amide bonds. The predicted molar refractivity (Wildman–Crippen MR) is 63.9 cm³/mol. The van der Waals surface area contributed by atoms with E-state index < -0.39 is 11.7 Å². The van der Waals surface area contributed by atoms with Gasteiger partial charge in [0.25, 0.3) is 0 Å². The van der Waals surface area contributed by atoms with Crippen molar-refractivity contribution in [3.05, 3.63) is 54.5 Å². The first-order valence-electron chi connectivity index (χ1n) is 5.51. The zero-order chi connectivity index (χ0) is 13.5. The van der Waals surface area contributed by atoms with E-state index in [0.29, 0.717) is 5.65 Å². The average molecular weight is 263 g/mol. The molecule has 3 heterocycles. The van der Waals surface area contributed by atoms with Gasteiger partial charge in [0.2, 0.25) is 0 Å². The third-order valence-corrected chi connectivity index (χ3v) is 2.77. The molecule has 3 aromatic heterocycles. The molecule has 3 aromatic rings. The molecule has 0 aromatic carbocycles. The maximum absolute atomic E-state index is 12.7. The summed E-state index contributed by atoms with van der Waals surface area (Å²) in [5, 5.41) is 0.849. The molecule has 0 spiro atoms. The van der Waals surface area contributed by atoms with Gasteiger partial charge in [0.05, 0.1) is 5.56 Å². The third-order valence-electron chi connectivity index (χ3n) is 2.77. The molecule has 6 heteroatoms. The molecule has 0 aliphatic carbocycles. The van der Waals surface area contributed by atoms with E-state index in [1.165, 1.54) is 4.57 Å². The second-order valence-corrected chi connectivity index (χ2v) is 4.00. The summed E-state index contributed by atoms with van der Waals surface area (Å²) in [6.45, 7) is 0. The molecular formula is C13H8F3N3. The number of aromatic nitrogens is 3. The molecule has 0 saturated heterocycles. The second kappa shape index (κ2) is 4.08. The van der Waals surface area contributed by atoms with Gasteiger partial charge in [-0.15, -0.1) is 0 Å². The molecule has 0 atom stereocenters. The van der Waals surface area contributed by atoms with Crippen molar-refractivity contribution in [2.75, 3.05) is 0 Å². The van der Waals surface area contributed by atoms with Crippen LogP contribution in [0.1, 0.15) is 5.56 Å². The highest BCUT2D eigenvalue weighted by atomic mass is 19.4. The average Bonchev–Trinajstić information content (AvgIpc) is 2.82. The first-order chi connectivity index (χ1) is 9.05. The lowest BCUT2D eigenvalue weighted by molar-refractivity contribution is -0.137. The molecular weight excluding hydrogens is 255 g/mol. The maximum atomic E-state index is 12.7. The summed E-state index contributed by atoms with van der Waals surface area (Å²) < 4.78 is 39.5. The zero-order valence-corrected chi connectivity index (χ0v) is 9.59. The van der Waals surface area contributed by atoms with E-state index in [1.54, 1.807) is 24.5 Å². The molecule has 19 heavy (non-hydrogen) atoms. The SMILES string of the molecule is FC(F)(F)c1ccnc(-n2ccc3cccnc32)c1. The lowest BCUT2D eigenvalue weighted by atomic mass is 10.2. The minimum atomic E-state index is -4.38. The van der Waals surface area contributed by atoms with Gasteiger partial charge in [0.15, 0.2) is 0 Å². The van der Waals surface area contributed by atoms with E-state index in [1.807, 2.05) is 6.07 Å². The molecule has 0 bridgehead atoms. The van der Waals surface area contributed by atoms with Crippen LogP contribution in [-0.2, 0) is 6.18 Å². The second-order valence-electron chi connectivity index (χ2n) is 4.00. The van der Waals surface area contributed by atoms with Gasteiger partial charge in [-0.05, 0) is 30.3 Å². The quantitative estimate of drug-likeness (QED) is 0.673. The van der Waals surface area contributed by atoms with Crippen molar-refractivity contribution in [3.8, 4) is 5.82 Å². The summed E-state index contributed by atoms with van der Waals surface area (Å²) in [5.74, 6) is 0.198. The molecule has 3 rings (SSSR count). The van der Waals surface area contributed by atoms with E-state index in [0.717, 1.165) is 23.7 Å². The van der Waals surface area contributed by atoms with Crippen LogP contribution in [0.3, 0.4) is 0 Å². The molecule has 0 radical (unpaired) electrons. The Balaban J connectivity index is 2.17. The number of hydrogen-bond donors (Lipinski definition) is 0. The Bertz CT molecular complexity index is 731. The van der Waals surface area contributed by atoms with Gasteiger partial charge in [-0.2, -0.15) is 13.2 Å². The van der Waals surface area contributed by atoms with Crippen molar-refractivity contribution in [3.63, 3.8) is 0 Å². The summed E-state index contributed by atoms with van der Waals surface area (Å²) in [5.41, 5.74) is -0.149. The number of alkyl halides is 3. The molecule has 0 unspecified atom stereocenters. The highest BCUT2D eigenvalue weighted by Crippen LogP contribution is 2.30. The molecule has 0 fully saturated rings. The van der Waals surface area contributed by atoms with Gasteiger partial charge < -0.3 is 0 Å². The zero-order valence-electron chi connectivity index (χ0n) is 9.59. The van der Waals surface area contributed by atoms with E-state index in [-0.39, 0.29) is 5.82 Å². The highest BCUT2D eigenvalue weighted by Gasteiger charge is 2.30. The topological polar surface area (TPSA) is 30.7 Å². The van der Waals surface area contributed by atoms with Crippen LogP contribution in [0.15, 0.2) is 48.9 Å². The van der Waals surface area contributed by atoms with Gasteiger partial charge in [0.1, 0.15) is 11.5 Å². The smallest absolute Gasteiger partial charge is 0.285 e. The van der Waals surface area contributed by atoms with Crippen molar-refractivity contribution >= 4 is 11.0 Å². The molecule has 0 aliphatic heterocycles. The molecule has 0 aliphatic rings. The van der Waals surface area contributed by atoms with E-state index in [9.17, 15) is 13.2 Å². The number of pyridine rings is 2. The number of halogens is 3. The lowest BCUT2D eigenvalue weighted by Gasteiger charge is -2.09. The Kier molecular flexibility index (Phi) is 2.51. The Morgan fingerprint density at radius 1 is 1.00 bits per heavy atom. The monoisotopic (exact) mass is 263 g/mol. The van der Waals surface area contributed by atoms with Crippen LogP contribution in [0.5, 0.6) is 0 Å². The van der Waals surface area contributed by atoms with Crippen molar-refractivity contribution in [1.82, 2.24) is 14.5 Å². The van der Waals surface area contributed by atoms with Crippen LogP contribution in [0.25, 0.3) is 16.9 Å². The summed E-state index contributed by atoms with van der Waals surface area (Å²) >= 11 is 0. The fourth-order valence-corrected chi connectivity index (χ4v) is 1.88. The fraction of sp³-hybridized carbons (Fsp3) is 0.0769. The van der Waals surface area contributed by atoms with Crippen molar-refractivity contribution in [1.29, 1.82) is 0 Å². The van der Waals surface area contributed by atoms with Gasteiger partial charge in [-0.25, -0.2) is 9.97 Å². The first-order valence-corrected chi connectivity index (χ1v) is 5.51. The van der Waals surface area contributed by atoms with Crippen molar-refractivity contribution in [2.24, 2.45) is 0 Å². The normalized spacial score (nSPS) is 11.9. The molecule has 3 nitrogen and oxygen atoms in total. The van der Waals surface area contributed by atoms with Gasteiger partial charge in [0, 0.05) is 24.0 Å². The molecule has 0 saturated carbocycles. The Morgan fingerprint density at radius 3 is 2.63 bits per heavy atom. The Hall–Kier alpha value is -2.37. The largest absolute Gasteiger partial charge is 0.416 e. The summed E-state index contributed by atoms with van der Waals surface area (Å²) in [7, 11) is 0. The van der Waals surface area contributed by atoms with Crippen LogP contribution >= 0.6 is 0 Å². The van der Waals surface area contributed by atoms with Gasteiger partial charge in [-0.3, -0.25) is 4.57 Å². The van der Waals surface area contributed by atoms with E-state index in [4.69, 9.17) is 0 Å². The number of rotatable bonds is 1. The van der Waals surface area contributed by atoms with E-state index in [2.05, 4.69) is 9.97 Å². The fourth-order valence-electron chi connectivity index (χ4n) is 1.88. The highest BCUT2D eigenvalue weighted by molar-refractivity contribution is 5.77. The van der Waals surface area contributed by atoms with Crippen LogP contribution in [-0.4, -0.2) is 14.5 Å². The summed E-state index contributed by atoms with van der Waals surface area (Å²) in [6.07, 6.45) is 0.00754. The van der Waals surface area contributed by atoms with Gasteiger partial charge in [-0.1, -0.05) is 0 Å².